The maximum Gasteiger partial charge on any atom is 0.0351 e. The first-order valence-corrected chi connectivity index (χ1v) is 8.09. The highest BCUT2D eigenvalue weighted by molar-refractivity contribution is 5.35. The molecule has 2 fully saturated rings. The van der Waals surface area contributed by atoms with Gasteiger partial charge in [-0.05, 0) is 67.2 Å². The van der Waals surface area contributed by atoms with E-state index in [2.05, 4.69) is 44.4 Å². The quantitative estimate of drug-likeness (QED) is 0.836. The predicted octanol–water partition coefficient (Wildman–Crippen LogP) is 4.12. The predicted molar refractivity (Wildman–Crippen MR) is 81.3 cm³/mol. The van der Waals surface area contributed by atoms with E-state index >= 15 is 0 Å². The van der Waals surface area contributed by atoms with Gasteiger partial charge in [-0.2, -0.15) is 0 Å². The molecular formula is C18H27N. The van der Waals surface area contributed by atoms with Crippen LogP contribution in [-0.2, 0) is 12.8 Å². The number of fused-ring (bicyclic) bond motifs is 1. The van der Waals surface area contributed by atoms with Gasteiger partial charge in [-0.1, -0.05) is 38.5 Å². The Labute approximate surface area is 117 Å². The topological polar surface area (TPSA) is 12.0 Å². The Morgan fingerprint density at radius 2 is 1.79 bits per heavy atom. The highest BCUT2D eigenvalue weighted by atomic mass is 14.9. The Hall–Kier alpha value is -0.820. The van der Waals surface area contributed by atoms with Gasteiger partial charge in [0.1, 0.15) is 0 Å². The van der Waals surface area contributed by atoms with E-state index in [0.717, 1.165) is 30.6 Å². The van der Waals surface area contributed by atoms with Crippen LogP contribution in [0.25, 0.3) is 0 Å². The Kier molecular flexibility index (Phi) is 3.66. The van der Waals surface area contributed by atoms with Crippen molar-refractivity contribution in [1.29, 1.82) is 0 Å². The fourth-order valence-electron chi connectivity index (χ4n) is 4.47. The lowest BCUT2D eigenvalue weighted by Gasteiger charge is -2.20. The van der Waals surface area contributed by atoms with E-state index in [4.69, 9.17) is 0 Å². The molecule has 0 radical (unpaired) electrons. The van der Waals surface area contributed by atoms with Crippen LogP contribution < -0.4 is 5.32 Å². The smallest absolute Gasteiger partial charge is 0.0351 e. The van der Waals surface area contributed by atoms with Crippen molar-refractivity contribution < 1.29 is 0 Å². The van der Waals surface area contributed by atoms with Crippen molar-refractivity contribution in [2.75, 3.05) is 7.05 Å². The van der Waals surface area contributed by atoms with E-state index in [1.54, 1.807) is 5.56 Å². The van der Waals surface area contributed by atoms with E-state index in [1.807, 2.05) is 0 Å². The number of rotatable bonds is 5. The Bertz CT molecular complexity index is 441. The van der Waals surface area contributed by atoms with Gasteiger partial charge in [0, 0.05) is 6.04 Å². The molecule has 2 aliphatic rings. The molecule has 0 bridgehead atoms. The molecule has 0 spiro atoms. The minimum absolute atomic E-state index is 0.589. The summed E-state index contributed by atoms with van der Waals surface area (Å²) in [6.07, 6.45) is 6.73. The van der Waals surface area contributed by atoms with Crippen LogP contribution in [0, 0.1) is 17.8 Å². The lowest BCUT2D eigenvalue weighted by molar-refractivity contribution is 0.444. The first-order valence-electron chi connectivity index (χ1n) is 8.09. The van der Waals surface area contributed by atoms with E-state index in [-0.39, 0.29) is 0 Å². The molecule has 0 heterocycles. The molecule has 1 aromatic rings. The summed E-state index contributed by atoms with van der Waals surface area (Å²) in [4.78, 5) is 0. The second-order valence-corrected chi connectivity index (χ2v) is 6.34. The molecule has 19 heavy (non-hydrogen) atoms. The summed E-state index contributed by atoms with van der Waals surface area (Å²) in [5, 5.41) is 3.60. The second kappa shape index (κ2) is 5.28. The molecule has 2 saturated carbocycles. The van der Waals surface area contributed by atoms with Crippen molar-refractivity contribution >= 4 is 0 Å². The molecule has 0 aliphatic heterocycles. The van der Waals surface area contributed by atoms with Gasteiger partial charge in [-0.25, -0.2) is 0 Å². The van der Waals surface area contributed by atoms with Gasteiger partial charge in [0.15, 0.2) is 0 Å². The van der Waals surface area contributed by atoms with Crippen LogP contribution >= 0.6 is 0 Å². The SMILES string of the molecule is CCc1ccc(C(NC)C2C3CCCC32)cc1CC. The second-order valence-electron chi connectivity index (χ2n) is 6.34. The highest BCUT2D eigenvalue weighted by Gasteiger charge is 2.55. The van der Waals surface area contributed by atoms with E-state index in [0.29, 0.717) is 6.04 Å². The maximum atomic E-state index is 3.60. The normalized spacial score (nSPS) is 30.2. The largest absolute Gasteiger partial charge is 0.313 e. The van der Waals surface area contributed by atoms with Gasteiger partial charge in [0.2, 0.25) is 0 Å². The lowest BCUT2D eigenvalue weighted by Crippen LogP contribution is -2.21. The fraction of sp³-hybridized carbons (Fsp3) is 0.667. The van der Waals surface area contributed by atoms with E-state index in [1.165, 1.54) is 30.4 Å². The van der Waals surface area contributed by atoms with Crippen LogP contribution in [0.2, 0.25) is 0 Å². The molecule has 1 heteroatoms. The summed E-state index contributed by atoms with van der Waals surface area (Å²) < 4.78 is 0. The van der Waals surface area contributed by atoms with Crippen molar-refractivity contribution in [3.63, 3.8) is 0 Å². The number of nitrogens with one attached hydrogen (secondary N) is 1. The van der Waals surface area contributed by atoms with Crippen LogP contribution in [0.4, 0.5) is 0 Å². The minimum atomic E-state index is 0.589. The maximum absolute atomic E-state index is 3.60. The van der Waals surface area contributed by atoms with Crippen molar-refractivity contribution in [2.24, 2.45) is 17.8 Å². The first-order chi connectivity index (χ1) is 9.30. The highest BCUT2D eigenvalue weighted by Crippen LogP contribution is 2.62. The minimum Gasteiger partial charge on any atom is -0.313 e. The molecule has 3 atom stereocenters. The monoisotopic (exact) mass is 257 g/mol. The average Bonchev–Trinajstić information content (AvgIpc) is 2.91. The zero-order valence-electron chi connectivity index (χ0n) is 12.6. The summed E-state index contributed by atoms with van der Waals surface area (Å²) in [6, 6.07) is 7.78. The van der Waals surface area contributed by atoms with Crippen LogP contribution in [0.15, 0.2) is 18.2 Å². The molecule has 3 rings (SSSR count). The molecule has 1 aromatic carbocycles. The zero-order valence-corrected chi connectivity index (χ0v) is 12.6. The molecule has 2 aliphatic carbocycles. The van der Waals surface area contributed by atoms with Crippen LogP contribution in [-0.4, -0.2) is 7.05 Å². The van der Waals surface area contributed by atoms with E-state index in [9.17, 15) is 0 Å². The molecule has 0 amide bonds. The third-order valence-corrected chi connectivity index (χ3v) is 5.52. The molecule has 1 N–H and O–H groups in total. The lowest BCUT2D eigenvalue weighted by atomic mass is 9.92. The van der Waals surface area contributed by atoms with Gasteiger partial charge in [0.05, 0.1) is 0 Å². The standard InChI is InChI=1S/C18H27N/c1-4-12-9-10-14(11-13(12)5-2)18(19-3)17-15-7-6-8-16(15)17/h9-11,15-19H,4-8H2,1-3H3. The van der Waals surface area contributed by atoms with Crippen LogP contribution in [0.1, 0.15) is 55.8 Å². The summed E-state index contributed by atoms with van der Waals surface area (Å²) in [5.74, 6) is 2.96. The summed E-state index contributed by atoms with van der Waals surface area (Å²) in [6.45, 7) is 4.54. The summed E-state index contributed by atoms with van der Waals surface area (Å²) in [5.41, 5.74) is 4.60. The van der Waals surface area contributed by atoms with Crippen LogP contribution in [0.3, 0.4) is 0 Å². The third-order valence-electron chi connectivity index (χ3n) is 5.52. The average molecular weight is 257 g/mol. The van der Waals surface area contributed by atoms with Gasteiger partial charge in [0.25, 0.3) is 0 Å². The number of aryl methyl sites for hydroxylation is 2. The number of hydrogen-bond acceptors (Lipinski definition) is 1. The van der Waals surface area contributed by atoms with Gasteiger partial charge >= 0.3 is 0 Å². The molecule has 0 saturated heterocycles. The Balaban J connectivity index is 1.83. The fourth-order valence-corrected chi connectivity index (χ4v) is 4.47. The number of hydrogen-bond donors (Lipinski definition) is 1. The Morgan fingerprint density at radius 3 is 2.37 bits per heavy atom. The van der Waals surface area contributed by atoms with Crippen molar-refractivity contribution in [1.82, 2.24) is 5.32 Å². The molecule has 3 unspecified atom stereocenters. The molecular weight excluding hydrogens is 230 g/mol. The summed E-state index contributed by atoms with van der Waals surface area (Å²) in [7, 11) is 2.14. The van der Waals surface area contributed by atoms with Gasteiger partial charge in [-0.3, -0.25) is 0 Å². The molecule has 0 aromatic heterocycles. The Morgan fingerprint density at radius 1 is 1.11 bits per heavy atom. The number of benzene rings is 1. The molecule has 1 nitrogen and oxygen atoms in total. The van der Waals surface area contributed by atoms with Crippen molar-refractivity contribution in [3.8, 4) is 0 Å². The third kappa shape index (κ3) is 2.23. The zero-order chi connectivity index (χ0) is 13.4. The summed E-state index contributed by atoms with van der Waals surface area (Å²) >= 11 is 0. The molecule has 104 valence electrons. The van der Waals surface area contributed by atoms with Gasteiger partial charge < -0.3 is 5.32 Å². The van der Waals surface area contributed by atoms with Crippen LogP contribution in [0.5, 0.6) is 0 Å². The van der Waals surface area contributed by atoms with Gasteiger partial charge in [-0.15, -0.1) is 0 Å². The van der Waals surface area contributed by atoms with Crippen molar-refractivity contribution in [2.45, 2.75) is 52.0 Å². The van der Waals surface area contributed by atoms with Crippen molar-refractivity contribution in [3.05, 3.63) is 34.9 Å². The van der Waals surface area contributed by atoms with E-state index < -0.39 is 0 Å². The first kappa shape index (κ1) is 13.2.